The van der Waals surface area contributed by atoms with Crippen LogP contribution in [0.5, 0.6) is 0 Å². The van der Waals surface area contributed by atoms with Crippen molar-refractivity contribution in [2.75, 3.05) is 25.6 Å². The number of hydrogen-bond donors (Lipinski definition) is 8. The molecule has 0 radical (unpaired) electrons. The molecule has 3 aliphatic rings. The summed E-state index contributed by atoms with van der Waals surface area (Å²) in [6, 6.07) is 1.32. The number of aliphatic hydroxyl groups is 1. The third-order valence-corrected chi connectivity index (χ3v) is 11.9. The van der Waals surface area contributed by atoms with Crippen molar-refractivity contribution >= 4 is 29.3 Å². The number of nitrogens with two attached hydrogens (primary N) is 1. The lowest BCUT2D eigenvalue weighted by Crippen LogP contribution is -2.33. The number of nitrogens with one attached hydrogen (secondary N) is 2. The Hall–Kier alpha value is -3.79. The summed E-state index contributed by atoms with van der Waals surface area (Å²) in [5, 5.41) is 10.5. The first-order chi connectivity index (χ1) is 28.0. The molecular weight excluding hydrogens is 875 g/mol. The molecule has 3 aromatic heterocycles. The Morgan fingerprint density at radius 3 is 1.62 bits per heavy atom. The van der Waals surface area contributed by atoms with Crippen LogP contribution in [0.15, 0.2) is 48.6 Å². The number of nitrogen functional groups attached to an aromatic ring is 1. The van der Waals surface area contributed by atoms with E-state index in [1.54, 1.807) is 0 Å². The van der Waals surface area contributed by atoms with Gasteiger partial charge in [0.2, 0.25) is 0 Å². The standard InChI is InChI=1S/C29H40N7O21P3/c1-13-8-35(28(41)32-25(13)38)23-6-16(19(54-23)11-50-58(43,44)45)56-60(48,49)52-12-20-17(7-24(55-20)36-9-14(2)26(39)33-29(36)42)57-59(46,47)51-10-18-15(37)5-22(53-18)34-4-3-21(30)31-27(34)40/h3-4,8-9,15-20,22-24,37H,5-7,10-12H2,1-2H3,(H,46,47)(H,48,49)(H2,30,31,40)(H,32,38,41)(H,33,39,42)(H2,43,44,45)/t15-,16-,17-,18+,19+,20+,22+,23+,24+/m0/s1. The monoisotopic (exact) mass is 915 g/mol. The van der Waals surface area contributed by atoms with E-state index in [0.29, 0.717) is 0 Å². The summed E-state index contributed by atoms with van der Waals surface area (Å²) >= 11 is 0. The highest BCUT2D eigenvalue weighted by atomic mass is 31.2. The van der Waals surface area contributed by atoms with Crippen molar-refractivity contribution in [3.63, 3.8) is 0 Å². The molecule has 3 saturated heterocycles. The molecule has 60 heavy (non-hydrogen) atoms. The SMILES string of the molecule is Cc1cn([C@H]2C[C@H](OP(=O)(O)OC[C@H]3O[C@@H](n4cc(C)c(=O)[nH]c4=O)C[C@@H]3OP(=O)(O)OC[C@H]3O[C@@H](n4ccc(N)nc4=O)C[C@@H]3O)[C@@H](COP(=O)(O)O)O2)c(=O)[nH]c1=O. The van der Waals surface area contributed by atoms with Gasteiger partial charge in [0.25, 0.3) is 11.1 Å². The fourth-order valence-corrected chi connectivity index (χ4v) is 8.72. The average molecular weight is 916 g/mol. The van der Waals surface area contributed by atoms with Crippen molar-refractivity contribution in [3.05, 3.63) is 87.9 Å². The van der Waals surface area contributed by atoms with Gasteiger partial charge in [-0.2, -0.15) is 4.98 Å². The lowest BCUT2D eigenvalue weighted by atomic mass is 10.2. The summed E-state index contributed by atoms with van der Waals surface area (Å²) in [6.45, 7) is 0.136. The van der Waals surface area contributed by atoms with E-state index < -0.39 is 140 Å². The van der Waals surface area contributed by atoms with Crippen molar-refractivity contribution in [2.24, 2.45) is 0 Å². The van der Waals surface area contributed by atoms with E-state index in [-0.39, 0.29) is 23.4 Å². The Bertz CT molecular complexity index is 2520. The van der Waals surface area contributed by atoms with Crippen LogP contribution in [0, 0.1) is 13.8 Å². The van der Waals surface area contributed by atoms with Crippen LogP contribution in [-0.2, 0) is 50.5 Å². The second-order valence-electron chi connectivity index (χ2n) is 13.8. The minimum absolute atomic E-state index is 0.0561. The predicted octanol–water partition coefficient (Wildman–Crippen LogP) is -2.12. The minimum Gasteiger partial charge on any atom is -0.390 e. The second-order valence-corrected chi connectivity index (χ2v) is 17.8. The lowest BCUT2D eigenvalue weighted by Gasteiger charge is -2.24. The number of phosphoric acid groups is 3. The van der Waals surface area contributed by atoms with Gasteiger partial charge < -0.3 is 44.6 Å². The van der Waals surface area contributed by atoms with E-state index in [0.717, 1.165) is 26.1 Å². The molecule has 28 nitrogen and oxygen atoms in total. The molecule has 0 spiro atoms. The third kappa shape index (κ3) is 11.2. The molecule has 3 aliphatic heterocycles. The van der Waals surface area contributed by atoms with Crippen molar-refractivity contribution in [1.29, 1.82) is 0 Å². The van der Waals surface area contributed by atoms with Gasteiger partial charge in [0.05, 0.1) is 25.9 Å². The first-order valence-electron chi connectivity index (χ1n) is 17.6. The van der Waals surface area contributed by atoms with Gasteiger partial charge in [-0.25, -0.2) is 28.1 Å². The summed E-state index contributed by atoms with van der Waals surface area (Å²) in [5.74, 6) is -0.0561. The predicted molar refractivity (Wildman–Crippen MR) is 196 cm³/mol. The van der Waals surface area contributed by atoms with Gasteiger partial charge >= 0.3 is 40.5 Å². The fourth-order valence-electron chi connectivity index (χ4n) is 6.45. The van der Waals surface area contributed by atoms with Crippen LogP contribution in [0.2, 0.25) is 0 Å². The number of H-pyrrole nitrogens is 2. The smallest absolute Gasteiger partial charge is 0.390 e. The van der Waals surface area contributed by atoms with Crippen molar-refractivity contribution in [3.8, 4) is 0 Å². The van der Waals surface area contributed by atoms with E-state index in [9.17, 15) is 62.3 Å². The Kier molecular flexibility index (Phi) is 13.6. The zero-order chi connectivity index (χ0) is 43.9. The maximum absolute atomic E-state index is 13.4. The normalized spacial score (nSPS) is 29.1. The number of ether oxygens (including phenoxy) is 3. The van der Waals surface area contributed by atoms with Gasteiger partial charge in [0, 0.05) is 49.0 Å². The van der Waals surface area contributed by atoms with E-state index >= 15 is 0 Å². The van der Waals surface area contributed by atoms with Crippen molar-refractivity contribution < 1.29 is 75.2 Å². The van der Waals surface area contributed by atoms with E-state index in [1.165, 1.54) is 26.1 Å². The Morgan fingerprint density at radius 1 is 0.717 bits per heavy atom. The fraction of sp³-hybridized carbons (Fsp3) is 0.586. The quantitative estimate of drug-likeness (QED) is 0.0712. The van der Waals surface area contributed by atoms with Crippen LogP contribution in [0.4, 0.5) is 5.82 Å². The Labute approximate surface area is 334 Å². The number of aromatic amines is 2. The molecule has 332 valence electrons. The first kappa shape index (κ1) is 45.7. The largest absolute Gasteiger partial charge is 0.472 e. The molecule has 2 unspecified atom stereocenters. The summed E-state index contributed by atoms with van der Waals surface area (Å²) in [4.78, 5) is 109. The molecule has 0 saturated carbocycles. The summed E-state index contributed by atoms with van der Waals surface area (Å²) in [7, 11) is -15.5. The molecule has 3 fully saturated rings. The number of aromatic nitrogens is 6. The summed E-state index contributed by atoms with van der Waals surface area (Å²) < 4.78 is 83.5. The number of aliphatic hydroxyl groups excluding tert-OH is 1. The molecule has 0 aliphatic carbocycles. The number of hydrogen-bond acceptors (Lipinski definition) is 19. The molecule has 6 heterocycles. The maximum Gasteiger partial charge on any atom is 0.472 e. The topological polar surface area (TPSA) is 397 Å². The van der Waals surface area contributed by atoms with Gasteiger partial charge in [-0.1, -0.05) is 0 Å². The number of phosphoric ester groups is 3. The molecular formula is C29H40N7O21P3. The number of rotatable bonds is 16. The second kappa shape index (κ2) is 17.9. The van der Waals surface area contributed by atoms with Crippen LogP contribution in [0.1, 0.15) is 49.1 Å². The Morgan fingerprint density at radius 2 is 1.15 bits per heavy atom. The third-order valence-electron chi connectivity index (χ3n) is 9.39. The van der Waals surface area contributed by atoms with E-state index in [1.807, 2.05) is 0 Å². The van der Waals surface area contributed by atoms with Crippen molar-refractivity contribution in [2.45, 2.75) is 88.4 Å². The highest BCUT2D eigenvalue weighted by Gasteiger charge is 2.47. The van der Waals surface area contributed by atoms with Gasteiger partial charge in [0.15, 0.2) is 0 Å². The van der Waals surface area contributed by atoms with Gasteiger partial charge in [-0.15, -0.1) is 0 Å². The lowest BCUT2D eigenvalue weighted by molar-refractivity contribution is -0.0617. The van der Waals surface area contributed by atoms with E-state index in [2.05, 4.69) is 19.5 Å². The zero-order valence-electron chi connectivity index (χ0n) is 31.2. The summed E-state index contributed by atoms with van der Waals surface area (Å²) in [6.07, 6.45) is -9.87. The molecule has 3 aromatic rings. The molecule has 9 N–H and O–H groups in total. The van der Waals surface area contributed by atoms with Crippen LogP contribution in [0.25, 0.3) is 0 Å². The van der Waals surface area contributed by atoms with Gasteiger partial charge in [-0.05, 0) is 19.9 Å². The molecule has 0 bridgehead atoms. The number of nitrogens with zero attached hydrogens (tertiary/aromatic N) is 4. The highest BCUT2D eigenvalue weighted by Crippen LogP contribution is 2.52. The molecule has 31 heteroatoms. The maximum atomic E-state index is 13.4. The highest BCUT2D eigenvalue weighted by molar-refractivity contribution is 7.47. The Balaban J connectivity index is 1.16. The van der Waals surface area contributed by atoms with Crippen LogP contribution in [0.3, 0.4) is 0 Å². The minimum atomic E-state index is -5.28. The van der Waals surface area contributed by atoms with E-state index in [4.69, 9.17) is 38.0 Å². The molecule has 11 atom stereocenters. The van der Waals surface area contributed by atoms with Gasteiger partial charge in [0.1, 0.15) is 55.0 Å². The van der Waals surface area contributed by atoms with Crippen LogP contribution in [-0.4, -0.2) is 110 Å². The summed E-state index contributed by atoms with van der Waals surface area (Å²) in [5.41, 5.74) is 1.56. The molecule has 6 rings (SSSR count). The zero-order valence-corrected chi connectivity index (χ0v) is 33.9. The van der Waals surface area contributed by atoms with Crippen LogP contribution < -0.4 is 33.9 Å². The number of aryl methyl sites for hydroxylation is 2. The van der Waals surface area contributed by atoms with Crippen molar-refractivity contribution in [1.82, 2.24) is 28.7 Å². The number of anilines is 1. The van der Waals surface area contributed by atoms with Gasteiger partial charge in [-0.3, -0.25) is 55.9 Å². The first-order valence-corrected chi connectivity index (χ1v) is 22.1. The van der Waals surface area contributed by atoms with Crippen LogP contribution >= 0.6 is 23.5 Å². The molecule has 0 aromatic carbocycles. The average Bonchev–Trinajstić information content (AvgIpc) is 3.84. The molecule has 0 amide bonds.